The molecule has 0 aromatic heterocycles. The molecule has 0 aliphatic carbocycles. The van der Waals surface area contributed by atoms with E-state index >= 15 is 0 Å². The molecule has 0 saturated carbocycles. The lowest BCUT2D eigenvalue weighted by Crippen LogP contribution is -2.32. The van der Waals surface area contributed by atoms with Crippen molar-refractivity contribution in [1.82, 2.24) is 4.72 Å². The molecular weight excluding hydrogens is 240 g/mol. The van der Waals surface area contributed by atoms with E-state index < -0.39 is 16.3 Å². The van der Waals surface area contributed by atoms with Gasteiger partial charge in [-0.3, -0.25) is 0 Å². The summed E-state index contributed by atoms with van der Waals surface area (Å²) in [4.78, 5) is 0. The first-order valence-corrected chi connectivity index (χ1v) is 6.47. The number of aliphatic hydroxyl groups is 1. The summed E-state index contributed by atoms with van der Waals surface area (Å²) in [6.45, 7) is 1.47. The van der Waals surface area contributed by atoms with Crippen molar-refractivity contribution >= 4 is 10.2 Å². The number of nitrogens with two attached hydrogens (primary N) is 1. The Bertz CT molecular complexity index is 543. The van der Waals surface area contributed by atoms with Gasteiger partial charge in [-0.05, 0) is 24.6 Å². The summed E-state index contributed by atoms with van der Waals surface area (Å²) in [7, 11) is -3.73. The summed E-state index contributed by atoms with van der Waals surface area (Å²) >= 11 is 0. The molecule has 0 saturated heterocycles. The predicted molar refractivity (Wildman–Crippen MR) is 65.1 cm³/mol. The first-order valence-electron chi connectivity index (χ1n) is 4.92. The standard InChI is InChI=1S/C11H14N2O3S/c1-9(13-17(12,15)16)11-6-2-4-10(8-11)5-3-7-14/h2,4,6,8-9,13-14H,7H2,1H3,(H2,12,15,16). The fraction of sp³-hybridized carbons (Fsp3) is 0.273. The van der Waals surface area contributed by atoms with Crippen LogP contribution in [0.5, 0.6) is 0 Å². The van der Waals surface area contributed by atoms with E-state index in [0.717, 1.165) is 5.56 Å². The molecule has 0 aliphatic rings. The van der Waals surface area contributed by atoms with Crippen LogP contribution in [0.2, 0.25) is 0 Å². The van der Waals surface area contributed by atoms with Crippen LogP contribution in [0.4, 0.5) is 0 Å². The molecule has 1 atom stereocenters. The summed E-state index contributed by atoms with van der Waals surface area (Å²) in [6.07, 6.45) is 0. The van der Waals surface area contributed by atoms with Crippen LogP contribution in [0.1, 0.15) is 24.1 Å². The SMILES string of the molecule is CC(NS(N)(=O)=O)c1cccc(C#CCO)c1. The fourth-order valence-corrected chi connectivity index (χ4v) is 1.97. The molecule has 0 amide bonds. The maximum Gasteiger partial charge on any atom is 0.274 e. The van der Waals surface area contributed by atoms with Gasteiger partial charge in [-0.2, -0.15) is 13.1 Å². The van der Waals surface area contributed by atoms with Crippen molar-refractivity contribution < 1.29 is 13.5 Å². The van der Waals surface area contributed by atoms with Crippen LogP contribution in [0.25, 0.3) is 0 Å². The van der Waals surface area contributed by atoms with E-state index in [4.69, 9.17) is 10.2 Å². The Morgan fingerprint density at radius 1 is 1.53 bits per heavy atom. The monoisotopic (exact) mass is 254 g/mol. The normalized spacial score (nSPS) is 12.6. The zero-order valence-electron chi connectivity index (χ0n) is 9.34. The summed E-state index contributed by atoms with van der Waals surface area (Å²) in [5, 5.41) is 13.5. The minimum atomic E-state index is -3.73. The smallest absolute Gasteiger partial charge is 0.274 e. The fourth-order valence-electron chi connectivity index (χ4n) is 1.34. The number of benzene rings is 1. The molecule has 0 aliphatic heterocycles. The van der Waals surface area contributed by atoms with E-state index in [0.29, 0.717) is 5.56 Å². The molecule has 1 unspecified atom stereocenters. The van der Waals surface area contributed by atoms with Gasteiger partial charge in [0.25, 0.3) is 10.2 Å². The molecule has 0 radical (unpaired) electrons. The van der Waals surface area contributed by atoms with Gasteiger partial charge in [0.15, 0.2) is 0 Å². The predicted octanol–water partition coefficient (Wildman–Crippen LogP) is -0.116. The molecule has 6 heteroatoms. The molecule has 1 aromatic carbocycles. The van der Waals surface area contributed by atoms with Gasteiger partial charge in [0, 0.05) is 11.6 Å². The van der Waals surface area contributed by atoms with Gasteiger partial charge < -0.3 is 5.11 Å². The minimum absolute atomic E-state index is 0.213. The molecule has 17 heavy (non-hydrogen) atoms. The highest BCUT2D eigenvalue weighted by Crippen LogP contribution is 2.14. The van der Waals surface area contributed by atoms with Crippen molar-refractivity contribution in [2.45, 2.75) is 13.0 Å². The van der Waals surface area contributed by atoms with E-state index in [1.807, 2.05) is 0 Å². The highest BCUT2D eigenvalue weighted by molar-refractivity contribution is 7.87. The van der Waals surface area contributed by atoms with Crippen molar-refractivity contribution in [3.05, 3.63) is 35.4 Å². The molecule has 92 valence electrons. The van der Waals surface area contributed by atoms with Crippen molar-refractivity contribution in [2.24, 2.45) is 5.14 Å². The van der Waals surface area contributed by atoms with Gasteiger partial charge in [-0.15, -0.1) is 0 Å². The maximum absolute atomic E-state index is 10.9. The lowest BCUT2D eigenvalue weighted by atomic mass is 10.1. The summed E-state index contributed by atoms with van der Waals surface area (Å²) < 4.78 is 24.0. The third kappa shape index (κ3) is 4.97. The number of nitrogens with one attached hydrogen (secondary N) is 1. The van der Waals surface area contributed by atoms with Gasteiger partial charge in [0.05, 0.1) is 0 Å². The third-order valence-electron chi connectivity index (χ3n) is 2.04. The van der Waals surface area contributed by atoms with Gasteiger partial charge in [-0.1, -0.05) is 24.0 Å². The van der Waals surface area contributed by atoms with Crippen LogP contribution >= 0.6 is 0 Å². The van der Waals surface area contributed by atoms with Crippen LogP contribution < -0.4 is 9.86 Å². The van der Waals surface area contributed by atoms with Crippen LogP contribution in [0.15, 0.2) is 24.3 Å². The summed E-state index contributed by atoms with van der Waals surface area (Å²) in [5.41, 5.74) is 1.46. The highest BCUT2D eigenvalue weighted by Gasteiger charge is 2.10. The molecule has 0 spiro atoms. The lowest BCUT2D eigenvalue weighted by Gasteiger charge is -2.12. The lowest BCUT2D eigenvalue weighted by molar-refractivity contribution is 0.350. The number of hydrogen-bond acceptors (Lipinski definition) is 3. The summed E-state index contributed by atoms with van der Waals surface area (Å²) in [5.74, 6) is 5.27. The maximum atomic E-state index is 10.9. The minimum Gasteiger partial charge on any atom is -0.384 e. The quantitative estimate of drug-likeness (QED) is 0.657. The zero-order valence-corrected chi connectivity index (χ0v) is 10.2. The Morgan fingerprint density at radius 3 is 2.82 bits per heavy atom. The van der Waals surface area contributed by atoms with Crippen molar-refractivity contribution in [3.8, 4) is 11.8 Å². The highest BCUT2D eigenvalue weighted by atomic mass is 32.2. The van der Waals surface area contributed by atoms with Crippen LogP contribution in [-0.2, 0) is 10.2 Å². The van der Waals surface area contributed by atoms with Crippen LogP contribution in [-0.4, -0.2) is 20.1 Å². The van der Waals surface area contributed by atoms with Crippen LogP contribution in [0, 0.1) is 11.8 Å². The van der Waals surface area contributed by atoms with Crippen molar-refractivity contribution in [3.63, 3.8) is 0 Å². The molecule has 1 aromatic rings. The number of aliphatic hydroxyl groups excluding tert-OH is 1. The van der Waals surface area contributed by atoms with Crippen molar-refractivity contribution in [1.29, 1.82) is 0 Å². The molecule has 4 N–H and O–H groups in total. The van der Waals surface area contributed by atoms with E-state index in [1.54, 1.807) is 31.2 Å². The van der Waals surface area contributed by atoms with Crippen molar-refractivity contribution in [2.75, 3.05) is 6.61 Å². The topological polar surface area (TPSA) is 92.4 Å². The van der Waals surface area contributed by atoms with Gasteiger partial charge in [0.2, 0.25) is 0 Å². The Hall–Kier alpha value is -1.39. The molecular formula is C11H14N2O3S. The van der Waals surface area contributed by atoms with Gasteiger partial charge in [0.1, 0.15) is 6.61 Å². The van der Waals surface area contributed by atoms with E-state index in [1.165, 1.54) is 0 Å². The molecule has 0 bridgehead atoms. The van der Waals surface area contributed by atoms with Gasteiger partial charge in [-0.25, -0.2) is 5.14 Å². The molecule has 0 fully saturated rings. The summed E-state index contributed by atoms with van der Waals surface area (Å²) in [6, 6.07) is 6.62. The number of rotatable bonds is 3. The second-order valence-electron chi connectivity index (χ2n) is 3.47. The first-order chi connectivity index (χ1) is 7.92. The Morgan fingerprint density at radius 2 is 2.24 bits per heavy atom. The first kappa shape index (κ1) is 13.7. The zero-order chi connectivity index (χ0) is 12.9. The van der Waals surface area contributed by atoms with Crippen LogP contribution in [0.3, 0.4) is 0 Å². The third-order valence-corrected chi connectivity index (χ3v) is 2.72. The molecule has 1 rings (SSSR count). The van der Waals surface area contributed by atoms with Gasteiger partial charge >= 0.3 is 0 Å². The largest absolute Gasteiger partial charge is 0.384 e. The number of hydrogen-bond donors (Lipinski definition) is 3. The Kier molecular flexibility index (Phi) is 4.66. The Labute approximate surface area is 101 Å². The second kappa shape index (κ2) is 5.80. The van der Waals surface area contributed by atoms with E-state index in [2.05, 4.69) is 16.6 Å². The average molecular weight is 254 g/mol. The van der Waals surface area contributed by atoms with E-state index in [9.17, 15) is 8.42 Å². The van der Waals surface area contributed by atoms with E-state index in [-0.39, 0.29) is 6.61 Å². The second-order valence-corrected chi connectivity index (χ2v) is 4.80. The Balaban J connectivity index is 2.91. The molecule has 5 nitrogen and oxygen atoms in total. The molecule has 0 heterocycles. The average Bonchev–Trinajstić information content (AvgIpc) is 2.24.